The predicted molar refractivity (Wildman–Crippen MR) is 89.5 cm³/mol. The van der Waals surface area contributed by atoms with Crippen molar-refractivity contribution < 1.29 is 14.2 Å². The normalized spacial score (nSPS) is 14.2. The maximum absolute atomic E-state index is 5.76. The molecule has 1 aromatic rings. The van der Waals surface area contributed by atoms with Crippen molar-refractivity contribution >= 4 is 35.6 Å². The smallest absolute Gasteiger partial charge is 0.193 e. The van der Waals surface area contributed by atoms with E-state index >= 15 is 0 Å². The molecular formula is C13H20IN3O3. The molecule has 112 valence electrons. The zero-order valence-corrected chi connectivity index (χ0v) is 13.8. The summed E-state index contributed by atoms with van der Waals surface area (Å²) >= 11 is 0. The molecule has 0 spiro atoms. The number of benzene rings is 1. The van der Waals surface area contributed by atoms with Gasteiger partial charge in [-0.3, -0.25) is 4.99 Å². The lowest BCUT2D eigenvalue weighted by atomic mass is 10.3. The Morgan fingerprint density at radius 2 is 2.10 bits per heavy atom. The molecule has 0 fully saturated rings. The van der Waals surface area contributed by atoms with Crippen LogP contribution in [-0.2, 0) is 4.74 Å². The number of aliphatic imine (C=N–C) groups is 1. The number of methoxy groups -OCH3 is 1. The van der Waals surface area contributed by atoms with Crippen molar-refractivity contribution in [1.29, 1.82) is 0 Å². The van der Waals surface area contributed by atoms with E-state index in [2.05, 4.69) is 10.3 Å². The van der Waals surface area contributed by atoms with Crippen LogP contribution in [0.15, 0.2) is 23.2 Å². The molecule has 0 unspecified atom stereocenters. The van der Waals surface area contributed by atoms with Crippen LogP contribution in [0.2, 0.25) is 0 Å². The van der Waals surface area contributed by atoms with Gasteiger partial charge in [0.25, 0.3) is 0 Å². The summed E-state index contributed by atoms with van der Waals surface area (Å²) in [4.78, 5) is 4.13. The number of halogens is 1. The van der Waals surface area contributed by atoms with Crippen LogP contribution in [0.3, 0.4) is 0 Å². The third-order valence-electron chi connectivity index (χ3n) is 2.60. The van der Waals surface area contributed by atoms with Gasteiger partial charge in [0, 0.05) is 25.3 Å². The summed E-state index contributed by atoms with van der Waals surface area (Å²) in [5, 5.41) is 3.01. The van der Waals surface area contributed by atoms with Crippen LogP contribution >= 0.6 is 24.0 Å². The van der Waals surface area contributed by atoms with Crippen molar-refractivity contribution in [2.45, 2.75) is 6.42 Å². The lowest BCUT2D eigenvalue weighted by molar-refractivity contribution is 0.208. The van der Waals surface area contributed by atoms with Crippen LogP contribution in [0.5, 0.6) is 11.5 Å². The van der Waals surface area contributed by atoms with Crippen molar-refractivity contribution in [2.75, 3.05) is 38.8 Å². The highest BCUT2D eigenvalue weighted by Crippen LogP contribution is 2.32. The maximum atomic E-state index is 5.76. The predicted octanol–water partition coefficient (Wildman–Crippen LogP) is 1.84. The van der Waals surface area contributed by atoms with Crippen LogP contribution in [0.1, 0.15) is 6.42 Å². The zero-order valence-electron chi connectivity index (χ0n) is 11.4. The number of hydrogen-bond acceptors (Lipinski definition) is 4. The van der Waals surface area contributed by atoms with Crippen molar-refractivity contribution in [1.82, 2.24) is 0 Å². The summed E-state index contributed by atoms with van der Waals surface area (Å²) in [5.74, 6) is 1.84. The highest BCUT2D eigenvalue weighted by Gasteiger charge is 2.10. The van der Waals surface area contributed by atoms with Gasteiger partial charge in [0.05, 0.1) is 26.4 Å². The molecule has 20 heavy (non-hydrogen) atoms. The fraction of sp³-hybridized carbons (Fsp3) is 0.462. The van der Waals surface area contributed by atoms with E-state index in [4.69, 9.17) is 19.9 Å². The second-order valence-corrected chi connectivity index (χ2v) is 4.10. The largest absolute Gasteiger partial charge is 0.490 e. The lowest BCUT2D eigenvalue weighted by Crippen LogP contribution is -2.23. The number of fused-ring (bicyclic) bond motifs is 1. The van der Waals surface area contributed by atoms with Gasteiger partial charge in [-0.2, -0.15) is 0 Å². The molecule has 3 N–H and O–H groups in total. The molecule has 1 aromatic carbocycles. The number of ether oxygens (including phenoxy) is 3. The van der Waals surface area contributed by atoms with Gasteiger partial charge in [-0.05, 0) is 12.1 Å². The van der Waals surface area contributed by atoms with Gasteiger partial charge in [-0.15, -0.1) is 24.0 Å². The van der Waals surface area contributed by atoms with Crippen LogP contribution < -0.4 is 20.5 Å². The summed E-state index contributed by atoms with van der Waals surface area (Å²) in [6.45, 7) is 2.41. The molecule has 0 saturated heterocycles. The van der Waals surface area contributed by atoms with E-state index in [0.717, 1.165) is 23.6 Å². The minimum Gasteiger partial charge on any atom is -0.490 e. The van der Waals surface area contributed by atoms with Gasteiger partial charge in [-0.1, -0.05) is 0 Å². The third-order valence-corrected chi connectivity index (χ3v) is 2.60. The molecule has 1 aliphatic rings. The van der Waals surface area contributed by atoms with Crippen molar-refractivity contribution in [2.24, 2.45) is 10.7 Å². The highest BCUT2D eigenvalue weighted by molar-refractivity contribution is 14.0. The molecule has 2 rings (SSSR count). The molecule has 0 saturated carbocycles. The fourth-order valence-corrected chi connectivity index (χ4v) is 1.69. The van der Waals surface area contributed by atoms with Gasteiger partial charge in [0.2, 0.25) is 0 Å². The van der Waals surface area contributed by atoms with Crippen molar-refractivity contribution in [3.8, 4) is 11.5 Å². The number of guanidine groups is 1. The second-order valence-electron chi connectivity index (χ2n) is 4.10. The summed E-state index contributed by atoms with van der Waals surface area (Å²) in [6.07, 6.45) is 0.887. The Bertz CT molecular complexity index is 454. The summed E-state index contributed by atoms with van der Waals surface area (Å²) in [7, 11) is 1.63. The summed E-state index contributed by atoms with van der Waals surface area (Å²) < 4.78 is 16.1. The number of anilines is 1. The Kier molecular flexibility index (Phi) is 7.45. The molecule has 0 aromatic heterocycles. The van der Waals surface area contributed by atoms with Crippen LogP contribution in [0.25, 0.3) is 0 Å². The molecule has 0 amide bonds. The van der Waals surface area contributed by atoms with Gasteiger partial charge < -0.3 is 25.3 Å². The topological polar surface area (TPSA) is 78.1 Å². The van der Waals surface area contributed by atoms with Gasteiger partial charge >= 0.3 is 0 Å². The average molecular weight is 393 g/mol. The molecule has 0 atom stereocenters. The molecule has 0 aliphatic carbocycles. The molecular weight excluding hydrogens is 373 g/mol. The number of hydrogen-bond donors (Lipinski definition) is 2. The average Bonchev–Trinajstić information content (AvgIpc) is 2.63. The Morgan fingerprint density at radius 3 is 2.85 bits per heavy atom. The summed E-state index contributed by atoms with van der Waals surface area (Å²) in [6, 6.07) is 5.61. The van der Waals surface area contributed by atoms with E-state index in [9.17, 15) is 0 Å². The number of rotatable bonds is 4. The van der Waals surface area contributed by atoms with Crippen molar-refractivity contribution in [3.05, 3.63) is 18.2 Å². The van der Waals surface area contributed by atoms with E-state index in [0.29, 0.717) is 32.3 Å². The SMILES string of the molecule is COCCN=C(N)Nc1ccc2c(c1)OCCCO2.I. The van der Waals surface area contributed by atoms with E-state index in [1.807, 2.05) is 18.2 Å². The monoisotopic (exact) mass is 393 g/mol. The number of nitrogens with one attached hydrogen (secondary N) is 1. The Balaban J connectivity index is 0.00000200. The van der Waals surface area contributed by atoms with Gasteiger partial charge in [0.15, 0.2) is 17.5 Å². The van der Waals surface area contributed by atoms with Crippen LogP contribution in [0, 0.1) is 0 Å². The first-order chi connectivity index (χ1) is 9.29. The quantitative estimate of drug-likeness (QED) is 0.353. The van der Waals surface area contributed by atoms with Gasteiger partial charge in [-0.25, -0.2) is 0 Å². The van der Waals surface area contributed by atoms with E-state index in [-0.39, 0.29) is 24.0 Å². The standard InChI is InChI=1S/C13H19N3O3.HI/c1-17-8-5-15-13(14)16-10-3-4-11-12(9-10)19-7-2-6-18-11;/h3-4,9H,2,5-8H2,1H3,(H3,14,15,16);1H. The lowest BCUT2D eigenvalue weighted by Gasteiger charge is -2.10. The van der Waals surface area contributed by atoms with Crippen LogP contribution in [0.4, 0.5) is 5.69 Å². The van der Waals surface area contributed by atoms with E-state index < -0.39 is 0 Å². The minimum atomic E-state index is 0. The first-order valence-corrected chi connectivity index (χ1v) is 6.25. The molecule has 0 radical (unpaired) electrons. The zero-order chi connectivity index (χ0) is 13.5. The Morgan fingerprint density at radius 1 is 1.35 bits per heavy atom. The molecule has 6 nitrogen and oxygen atoms in total. The summed E-state index contributed by atoms with van der Waals surface area (Å²) in [5.41, 5.74) is 6.59. The molecule has 1 aliphatic heterocycles. The Hall–Kier alpha value is -1.22. The molecule has 7 heteroatoms. The number of nitrogens with zero attached hydrogens (tertiary/aromatic N) is 1. The van der Waals surface area contributed by atoms with Gasteiger partial charge in [0.1, 0.15) is 0 Å². The molecule has 0 bridgehead atoms. The first-order valence-electron chi connectivity index (χ1n) is 6.25. The van der Waals surface area contributed by atoms with Crippen molar-refractivity contribution in [3.63, 3.8) is 0 Å². The third kappa shape index (κ3) is 5.04. The minimum absolute atomic E-state index is 0. The van der Waals surface area contributed by atoms with E-state index in [1.165, 1.54) is 0 Å². The number of nitrogens with two attached hydrogens (primary N) is 1. The fourth-order valence-electron chi connectivity index (χ4n) is 1.69. The second kappa shape index (κ2) is 8.85. The molecule has 1 heterocycles. The Labute approximate surface area is 135 Å². The first kappa shape index (κ1) is 16.8. The highest BCUT2D eigenvalue weighted by atomic mass is 127. The van der Waals surface area contributed by atoms with Crippen LogP contribution in [-0.4, -0.2) is 39.4 Å². The van der Waals surface area contributed by atoms with E-state index in [1.54, 1.807) is 7.11 Å². The maximum Gasteiger partial charge on any atom is 0.193 e.